The van der Waals surface area contributed by atoms with Gasteiger partial charge in [-0.05, 0) is 172 Å². The highest BCUT2D eigenvalue weighted by Crippen LogP contribution is 2.76. The molecular weight excluding hydrogens is 684 g/mol. The zero-order valence-corrected chi connectivity index (χ0v) is 35.0. The summed E-state index contributed by atoms with van der Waals surface area (Å²) in [5.41, 5.74) is 3.65. The van der Waals surface area contributed by atoms with Gasteiger partial charge in [0.1, 0.15) is 16.5 Å². The van der Waals surface area contributed by atoms with E-state index < -0.39 is 27.9 Å². The lowest BCUT2D eigenvalue weighted by molar-refractivity contribution is -0.221. The molecule has 53 heavy (non-hydrogen) atoms. The quantitative estimate of drug-likeness (QED) is 0.229. The largest absolute Gasteiger partial charge is 0.481 e. The van der Waals surface area contributed by atoms with Crippen molar-refractivity contribution in [2.24, 2.45) is 56.7 Å². The molecule has 2 N–H and O–H groups in total. The van der Waals surface area contributed by atoms with Gasteiger partial charge in [-0.1, -0.05) is 58.9 Å². The molecule has 5 fully saturated rings. The fraction of sp³-hybridized carbons (Fsp3) is 0.844. The zero-order chi connectivity index (χ0) is 38.4. The lowest BCUT2D eigenvalue weighted by atomic mass is 9.33. The van der Waals surface area contributed by atoms with Crippen LogP contribution >= 0.6 is 0 Å². The third kappa shape index (κ3) is 6.10. The number of carboxylic acids is 1. The summed E-state index contributed by atoms with van der Waals surface area (Å²) in [5, 5.41) is 13.9. The van der Waals surface area contributed by atoms with E-state index in [1.54, 1.807) is 0 Å². The smallest absolute Gasteiger partial charge is 0.312 e. The Morgan fingerprint density at radius 1 is 0.925 bits per heavy atom. The van der Waals surface area contributed by atoms with Crippen molar-refractivity contribution in [3.63, 3.8) is 0 Å². The molecule has 0 aromatic heterocycles. The van der Waals surface area contributed by atoms with Gasteiger partial charge < -0.3 is 15.3 Å². The van der Waals surface area contributed by atoms with Gasteiger partial charge in [0.15, 0.2) is 0 Å². The van der Waals surface area contributed by atoms with Gasteiger partial charge in [-0.3, -0.25) is 4.79 Å². The molecule has 0 radical (unpaired) electrons. The number of sulfone groups is 1. The van der Waals surface area contributed by atoms with Crippen molar-refractivity contribution in [2.45, 2.75) is 142 Å². The maximum absolute atomic E-state index is 14.0. The molecule has 7 rings (SSSR count). The number of hydrogen-bond donors (Lipinski definition) is 2. The predicted octanol–water partition coefficient (Wildman–Crippen LogP) is 9.18. The van der Waals surface area contributed by atoms with E-state index in [4.69, 9.17) is 0 Å². The minimum absolute atomic E-state index is 0.0148. The molecule has 0 aromatic carbocycles. The van der Waals surface area contributed by atoms with Gasteiger partial charge in [-0.15, -0.1) is 0 Å². The summed E-state index contributed by atoms with van der Waals surface area (Å²) in [5.74, 6) is 2.04. The molecule has 1 heterocycles. The van der Waals surface area contributed by atoms with Crippen LogP contribution in [0.4, 0.5) is 4.39 Å². The number of aliphatic carboxylic acids is 1. The van der Waals surface area contributed by atoms with E-state index in [0.29, 0.717) is 42.4 Å². The van der Waals surface area contributed by atoms with E-state index in [9.17, 15) is 22.7 Å². The highest BCUT2D eigenvalue weighted by molar-refractivity contribution is 7.91. The number of fused-ring (bicyclic) bond motifs is 7. The van der Waals surface area contributed by atoms with Gasteiger partial charge in [0.05, 0.1) is 10.7 Å². The summed E-state index contributed by atoms with van der Waals surface area (Å²) in [4.78, 5) is 14.5. The van der Waals surface area contributed by atoms with Crippen LogP contribution in [0.25, 0.3) is 0 Å². The number of alkyl halides is 1. The summed E-state index contributed by atoms with van der Waals surface area (Å²) in [6, 6.07) is 0. The van der Waals surface area contributed by atoms with Crippen molar-refractivity contribution in [3.8, 4) is 0 Å². The van der Waals surface area contributed by atoms with E-state index in [1.165, 1.54) is 74.3 Å². The molecular formula is C45H71FN2O4S. The Bertz CT molecular complexity index is 1650. The number of rotatable bonds is 9. The standard InChI is InChI=1S/C45H71FN2O4S/c1-30(2)33-13-22-45(47-25-28-48-26-16-32(17-27-48)53(8,51)52)24-23-42(6)35(38(33)45)9-10-37-41(5)18-14-34(40(3,4)36(41)15-19-43(37,42)7)31-11-20-44(29-46,21-12-31)39(49)50/h11,14,32-33,35-38,47H,1,9-10,12-13,15-29H2,2-8H3,(H,49,50)/t33?,35-,36+,37-,38-,41+,42-,43-,44-,45+/m1/s1. The Labute approximate surface area is 321 Å². The van der Waals surface area contributed by atoms with Crippen LogP contribution in [0.15, 0.2) is 35.5 Å². The van der Waals surface area contributed by atoms with E-state index in [-0.39, 0.29) is 38.9 Å². The molecule has 0 aromatic rings. The van der Waals surface area contributed by atoms with Gasteiger partial charge in [-0.2, -0.15) is 0 Å². The molecule has 7 aliphatic rings. The Balaban J connectivity index is 1.11. The van der Waals surface area contributed by atoms with Crippen molar-refractivity contribution in [1.82, 2.24) is 10.2 Å². The van der Waals surface area contributed by atoms with Gasteiger partial charge in [0.2, 0.25) is 0 Å². The minimum atomic E-state index is -2.96. The van der Waals surface area contributed by atoms with Gasteiger partial charge in [-0.25, -0.2) is 12.8 Å². The van der Waals surface area contributed by atoms with Gasteiger partial charge in [0.25, 0.3) is 0 Å². The fourth-order valence-electron chi connectivity index (χ4n) is 15.1. The highest BCUT2D eigenvalue weighted by Gasteiger charge is 2.70. The first kappa shape index (κ1) is 39.7. The molecule has 1 unspecified atom stereocenters. The average molecular weight is 755 g/mol. The molecule has 8 heteroatoms. The van der Waals surface area contributed by atoms with Crippen LogP contribution in [0.1, 0.15) is 131 Å². The van der Waals surface area contributed by atoms with Crippen molar-refractivity contribution in [1.29, 1.82) is 0 Å². The number of likely N-dealkylation sites (tertiary alicyclic amines) is 1. The second kappa shape index (κ2) is 13.6. The summed E-state index contributed by atoms with van der Waals surface area (Å²) >= 11 is 0. The predicted molar refractivity (Wildman–Crippen MR) is 213 cm³/mol. The first-order valence-corrected chi connectivity index (χ1v) is 23.2. The highest BCUT2D eigenvalue weighted by atomic mass is 32.2. The number of nitrogens with zero attached hydrogens (tertiary/aromatic N) is 1. The van der Waals surface area contributed by atoms with E-state index in [0.717, 1.165) is 45.4 Å². The van der Waals surface area contributed by atoms with Gasteiger partial charge >= 0.3 is 5.97 Å². The Morgan fingerprint density at radius 2 is 1.64 bits per heavy atom. The number of hydrogen-bond acceptors (Lipinski definition) is 5. The fourth-order valence-corrected chi connectivity index (χ4v) is 16.2. The monoisotopic (exact) mass is 755 g/mol. The average Bonchev–Trinajstić information content (AvgIpc) is 3.48. The first-order valence-electron chi connectivity index (χ1n) is 21.3. The number of allylic oxidation sites excluding steroid dienone is 5. The number of nitrogens with one attached hydrogen (secondary N) is 1. The zero-order valence-electron chi connectivity index (χ0n) is 34.2. The van der Waals surface area contributed by atoms with Crippen LogP contribution in [0.3, 0.4) is 0 Å². The Morgan fingerprint density at radius 3 is 2.25 bits per heavy atom. The number of carbonyl (C=O) groups is 1. The molecule has 6 nitrogen and oxygen atoms in total. The molecule has 0 bridgehead atoms. The van der Waals surface area contributed by atoms with Crippen LogP contribution < -0.4 is 5.32 Å². The van der Waals surface area contributed by atoms with Crippen LogP contribution in [-0.2, 0) is 14.6 Å². The summed E-state index contributed by atoms with van der Waals surface area (Å²) in [6.07, 6.45) is 19.9. The topological polar surface area (TPSA) is 86.7 Å². The van der Waals surface area contributed by atoms with Crippen LogP contribution in [0.5, 0.6) is 0 Å². The second-order valence-electron chi connectivity index (χ2n) is 20.8. The normalized spacial score (nSPS) is 44.5. The van der Waals surface area contributed by atoms with Crippen molar-refractivity contribution < 1.29 is 22.7 Å². The second-order valence-corrected chi connectivity index (χ2v) is 23.2. The molecule has 0 amide bonds. The molecule has 1 saturated heterocycles. The summed E-state index contributed by atoms with van der Waals surface area (Å²) in [7, 11) is -2.96. The van der Waals surface area contributed by atoms with E-state index >= 15 is 0 Å². The molecule has 0 spiro atoms. The lowest BCUT2D eigenvalue weighted by Crippen LogP contribution is -2.68. The maximum atomic E-state index is 14.0. The summed E-state index contributed by atoms with van der Waals surface area (Å²) in [6.45, 7) is 22.8. The molecule has 6 aliphatic carbocycles. The van der Waals surface area contributed by atoms with Crippen molar-refractivity contribution >= 4 is 15.8 Å². The van der Waals surface area contributed by atoms with Crippen LogP contribution in [-0.4, -0.2) is 74.3 Å². The molecule has 1 aliphatic heterocycles. The van der Waals surface area contributed by atoms with Crippen molar-refractivity contribution in [3.05, 3.63) is 35.5 Å². The molecule has 298 valence electrons. The number of piperidine rings is 1. The van der Waals surface area contributed by atoms with Crippen molar-refractivity contribution in [2.75, 3.05) is 39.1 Å². The third-order valence-electron chi connectivity index (χ3n) is 18.4. The third-order valence-corrected chi connectivity index (χ3v) is 20.0. The lowest BCUT2D eigenvalue weighted by Gasteiger charge is -2.72. The summed E-state index contributed by atoms with van der Waals surface area (Å²) < 4.78 is 38.3. The Kier molecular flexibility index (Phi) is 10.2. The van der Waals surface area contributed by atoms with E-state index in [1.807, 2.05) is 0 Å². The number of carboxylic acid groups (broad SMARTS) is 1. The minimum Gasteiger partial charge on any atom is -0.481 e. The molecule has 4 saturated carbocycles. The number of halogens is 1. The van der Waals surface area contributed by atoms with Crippen LogP contribution in [0.2, 0.25) is 0 Å². The SMILES string of the molecule is C=C(C)C1CC[C@]2(NCCN3CCC(S(C)(=O)=O)CC3)CC[C@]3(C)[C@H](CC[C@@H]4[C@@]5(C)CC=C(C6=CC[C@@](CF)(C(=O)O)CC6)C(C)(C)[C@@H]5CC[C@]43C)[C@@H]12. The maximum Gasteiger partial charge on any atom is 0.312 e. The molecule has 10 atom stereocenters. The van der Waals surface area contributed by atoms with Crippen LogP contribution in [0, 0.1) is 56.7 Å². The van der Waals surface area contributed by atoms with Gasteiger partial charge in [0, 0.05) is 24.9 Å². The Hall–Kier alpha value is -1.51. The van der Waals surface area contributed by atoms with E-state index in [2.05, 4.69) is 70.5 Å². The first-order chi connectivity index (χ1) is 24.8.